The lowest BCUT2D eigenvalue weighted by Crippen LogP contribution is -2.37. The first-order valence-electron chi connectivity index (χ1n) is 8.49. The Hall–Kier alpha value is -3.55. The fraction of sp³-hybridized carbons (Fsp3) is 0.211. The highest BCUT2D eigenvalue weighted by molar-refractivity contribution is 6.03. The van der Waals surface area contributed by atoms with Gasteiger partial charge in [0, 0.05) is 29.8 Å². The van der Waals surface area contributed by atoms with Crippen molar-refractivity contribution in [3.05, 3.63) is 47.8 Å². The number of anilines is 2. The number of pyridine rings is 1. The zero-order chi connectivity index (χ0) is 19.0. The van der Waals surface area contributed by atoms with Crippen molar-refractivity contribution in [2.24, 2.45) is 0 Å². The number of hydrogen-bond acceptors (Lipinski definition) is 5. The molecular formula is C19H19N5O3. The quantitative estimate of drug-likeness (QED) is 0.656. The third-order valence-corrected chi connectivity index (χ3v) is 4.60. The molecule has 0 fully saturated rings. The average Bonchev–Trinajstić information content (AvgIpc) is 3.10. The summed E-state index contributed by atoms with van der Waals surface area (Å²) < 4.78 is 5.23. The summed E-state index contributed by atoms with van der Waals surface area (Å²) >= 11 is 0. The van der Waals surface area contributed by atoms with Crippen LogP contribution in [-0.2, 0) is 11.3 Å². The highest BCUT2D eigenvalue weighted by Gasteiger charge is 2.22. The molecule has 0 radical (unpaired) electrons. The number of H-pyrrole nitrogens is 1. The number of aromatic nitrogens is 2. The van der Waals surface area contributed by atoms with Gasteiger partial charge in [-0.3, -0.25) is 9.59 Å². The fourth-order valence-corrected chi connectivity index (χ4v) is 3.05. The maximum Gasteiger partial charge on any atom is 0.253 e. The van der Waals surface area contributed by atoms with Crippen molar-refractivity contribution in [2.45, 2.75) is 6.54 Å². The molecule has 1 aromatic carbocycles. The summed E-state index contributed by atoms with van der Waals surface area (Å²) in [7, 11) is 3.30. The molecule has 3 aromatic rings. The van der Waals surface area contributed by atoms with Gasteiger partial charge in [-0.25, -0.2) is 4.98 Å². The van der Waals surface area contributed by atoms with Crippen LogP contribution < -0.4 is 20.3 Å². The number of benzene rings is 1. The Labute approximate surface area is 155 Å². The second kappa shape index (κ2) is 6.64. The lowest BCUT2D eigenvalue weighted by Gasteiger charge is -2.26. The Balaban J connectivity index is 1.49. The molecule has 0 saturated heterocycles. The molecule has 2 amide bonds. The van der Waals surface area contributed by atoms with Gasteiger partial charge < -0.3 is 25.3 Å². The van der Waals surface area contributed by atoms with Crippen molar-refractivity contribution in [2.75, 3.05) is 30.9 Å². The Bertz CT molecular complexity index is 1040. The Kier molecular flexibility index (Phi) is 4.15. The van der Waals surface area contributed by atoms with Gasteiger partial charge in [0.15, 0.2) is 0 Å². The molecule has 1 aliphatic rings. The molecule has 4 rings (SSSR count). The second-order valence-electron chi connectivity index (χ2n) is 6.33. The van der Waals surface area contributed by atoms with E-state index in [1.807, 2.05) is 24.3 Å². The number of carbonyl (C=O) groups is 2. The molecule has 0 unspecified atom stereocenters. The molecule has 8 heteroatoms. The van der Waals surface area contributed by atoms with Gasteiger partial charge in [-0.1, -0.05) is 0 Å². The van der Waals surface area contributed by atoms with Gasteiger partial charge in [0.05, 0.1) is 31.5 Å². The first-order valence-corrected chi connectivity index (χ1v) is 8.49. The summed E-state index contributed by atoms with van der Waals surface area (Å²) in [5.41, 5.74) is 2.85. The zero-order valence-corrected chi connectivity index (χ0v) is 15.0. The van der Waals surface area contributed by atoms with Crippen molar-refractivity contribution in [1.82, 2.24) is 15.3 Å². The number of ether oxygens (including phenoxy) is 1. The van der Waals surface area contributed by atoms with Crippen LogP contribution in [-0.4, -0.2) is 42.5 Å². The maximum atomic E-state index is 12.5. The van der Waals surface area contributed by atoms with E-state index >= 15 is 0 Å². The van der Waals surface area contributed by atoms with E-state index in [1.165, 1.54) is 11.1 Å². The Morgan fingerprint density at radius 1 is 1.33 bits per heavy atom. The number of rotatable bonds is 4. The molecule has 27 heavy (non-hydrogen) atoms. The molecule has 0 atom stereocenters. The van der Waals surface area contributed by atoms with Crippen LogP contribution in [0.2, 0.25) is 0 Å². The summed E-state index contributed by atoms with van der Waals surface area (Å²) in [6, 6.07) is 9.39. The number of likely N-dealkylation sites (N-methyl/N-ethyl adjacent to an activating group) is 1. The summed E-state index contributed by atoms with van der Waals surface area (Å²) in [4.78, 5) is 33.3. The highest BCUT2D eigenvalue weighted by atomic mass is 16.5. The minimum atomic E-state index is -0.257. The molecule has 1 aliphatic heterocycles. The monoisotopic (exact) mass is 365 g/mol. The third-order valence-electron chi connectivity index (χ3n) is 4.60. The van der Waals surface area contributed by atoms with E-state index < -0.39 is 0 Å². The predicted octanol–water partition coefficient (Wildman–Crippen LogP) is 1.89. The van der Waals surface area contributed by atoms with Crippen molar-refractivity contribution in [1.29, 1.82) is 0 Å². The minimum absolute atomic E-state index is 0.0737. The number of hydrogen-bond donors (Lipinski definition) is 3. The third kappa shape index (κ3) is 3.17. The number of fused-ring (bicyclic) bond motifs is 2. The summed E-state index contributed by atoms with van der Waals surface area (Å²) in [5, 5.41) is 6.83. The molecule has 0 aliphatic carbocycles. The van der Waals surface area contributed by atoms with Crippen LogP contribution in [0.4, 0.5) is 11.5 Å². The molecule has 2 aromatic heterocycles. The summed E-state index contributed by atoms with van der Waals surface area (Å²) in [5.74, 6) is 1.05. The van der Waals surface area contributed by atoms with E-state index in [4.69, 9.17) is 4.74 Å². The molecule has 3 heterocycles. The molecule has 3 N–H and O–H groups in total. The van der Waals surface area contributed by atoms with Crippen molar-refractivity contribution in [3.8, 4) is 5.75 Å². The number of nitrogens with one attached hydrogen (secondary N) is 3. The summed E-state index contributed by atoms with van der Waals surface area (Å²) in [6.45, 7) is 0.549. The van der Waals surface area contributed by atoms with Crippen molar-refractivity contribution < 1.29 is 14.3 Å². The number of methoxy groups -OCH3 is 1. The van der Waals surface area contributed by atoms with Gasteiger partial charge >= 0.3 is 0 Å². The van der Waals surface area contributed by atoms with E-state index in [9.17, 15) is 9.59 Å². The number of nitrogens with zero attached hydrogens (tertiary/aromatic N) is 2. The van der Waals surface area contributed by atoms with E-state index in [-0.39, 0.29) is 18.4 Å². The number of carbonyl (C=O) groups excluding carboxylic acids is 2. The predicted molar refractivity (Wildman–Crippen MR) is 102 cm³/mol. The molecule has 0 bridgehead atoms. The van der Waals surface area contributed by atoms with E-state index in [2.05, 4.69) is 20.6 Å². The smallest absolute Gasteiger partial charge is 0.253 e. The van der Waals surface area contributed by atoms with Gasteiger partial charge in [0.25, 0.3) is 5.91 Å². The minimum Gasteiger partial charge on any atom is -0.497 e. The molecule has 138 valence electrons. The van der Waals surface area contributed by atoms with Crippen molar-refractivity contribution >= 4 is 34.2 Å². The zero-order valence-electron chi connectivity index (χ0n) is 15.0. The van der Waals surface area contributed by atoms with Gasteiger partial charge in [-0.05, 0) is 30.3 Å². The normalized spacial score (nSPS) is 13.3. The number of amides is 2. The first-order chi connectivity index (χ1) is 13.0. The van der Waals surface area contributed by atoms with E-state index in [0.29, 0.717) is 23.6 Å². The Morgan fingerprint density at radius 3 is 3.00 bits per heavy atom. The Morgan fingerprint density at radius 2 is 2.19 bits per heavy atom. The van der Waals surface area contributed by atoms with Gasteiger partial charge in [-0.15, -0.1) is 0 Å². The van der Waals surface area contributed by atoms with E-state index in [1.54, 1.807) is 20.2 Å². The molecule has 0 spiro atoms. The highest BCUT2D eigenvalue weighted by Crippen LogP contribution is 2.27. The largest absolute Gasteiger partial charge is 0.497 e. The van der Waals surface area contributed by atoms with Crippen LogP contribution in [0.15, 0.2) is 36.5 Å². The van der Waals surface area contributed by atoms with Crippen LogP contribution >= 0.6 is 0 Å². The lowest BCUT2D eigenvalue weighted by molar-refractivity contribution is -0.116. The van der Waals surface area contributed by atoms with Crippen LogP contribution in [0.3, 0.4) is 0 Å². The standard InChI is InChI=1S/C19H19N5O3/c1-24-16-7-12(8-20-18(16)21-10-17(24)25)19(26)22-9-13-5-11-6-14(27-2)3-4-15(11)23-13/h3-8,23H,9-10H2,1-2H3,(H,20,21)(H,22,26). The number of aromatic amines is 1. The molecular weight excluding hydrogens is 346 g/mol. The molecule has 0 saturated carbocycles. The topological polar surface area (TPSA) is 99.3 Å². The summed E-state index contributed by atoms with van der Waals surface area (Å²) in [6.07, 6.45) is 1.50. The van der Waals surface area contributed by atoms with Gasteiger partial charge in [0.2, 0.25) is 5.91 Å². The van der Waals surface area contributed by atoms with Crippen LogP contribution in [0.5, 0.6) is 5.75 Å². The molecule has 8 nitrogen and oxygen atoms in total. The van der Waals surface area contributed by atoms with E-state index in [0.717, 1.165) is 22.3 Å². The van der Waals surface area contributed by atoms with Gasteiger partial charge in [0.1, 0.15) is 11.6 Å². The van der Waals surface area contributed by atoms with Crippen molar-refractivity contribution in [3.63, 3.8) is 0 Å². The average molecular weight is 365 g/mol. The fourth-order valence-electron chi connectivity index (χ4n) is 3.05. The van der Waals surface area contributed by atoms with Gasteiger partial charge in [-0.2, -0.15) is 0 Å². The maximum absolute atomic E-state index is 12.5. The van der Waals surface area contributed by atoms with Crippen LogP contribution in [0, 0.1) is 0 Å². The SMILES string of the molecule is COc1ccc2[nH]c(CNC(=O)c3cnc4c(c3)N(C)C(=O)CN4)cc2c1. The van der Waals surface area contributed by atoms with Crippen LogP contribution in [0.25, 0.3) is 10.9 Å². The lowest BCUT2D eigenvalue weighted by atomic mass is 10.2. The van der Waals surface area contributed by atoms with Crippen LogP contribution in [0.1, 0.15) is 16.1 Å². The second-order valence-corrected chi connectivity index (χ2v) is 6.33. The first kappa shape index (κ1) is 16.9.